The second kappa shape index (κ2) is 7.19. The lowest BCUT2D eigenvalue weighted by molar-refractivity contribution is -0.137. The van der Waals surface area contributed by atoms with Crippen LogP contribution < -0.4 is 0 Å². The predicted molar refractivity (Wildman–Crippen MR) is 103 cm³/mol. The molecule has 3 aromatic rings. The van der Waals surface area contributed by atoms with E-state index in [0.717, 1.165) is 49.5 Å². The number of rotatable bonds is 5. The Hall–Kier alpha value is -2.60. The molecule has 1 saturated heterocycles. The number of furan rings is 1. The molecule has 6 heteroatoms. The minimum atomic E-state index is -0.860. The van der Waals surface area contributed by atoms with Gasteiger partial charge in [0.2, 0.25) is 0 Å². The van der Waals surface area contributed by atoms with Crippen molar-refractivity contribution in [2.75, 3.05) is 13.1 Å². The summed E-state index contributed by atoms with van der Waals surface area (Å²) in [4.78, 5) is 13.5. The summed E-state index contributed by atoms with van der Waals surface area (Å²) in [5, 5.41) is 14.5. The van der Waals surface area contributed by atoms with Gasteiger partial charge in [-0.05, 0) is 57.0 Å². The van der Waals surface area contributed by atoms with E-state index in [4.69, 9.17) is 9.52 Å². The molecule has 1 aliphatic heterocycles. The molecule has 0 aliphatic carbocycles. The zero-order chi connectivity index (χ0) is 19.0. The number of carbonyl (C=O) groups is 1. The maximum absolute atomic E-state index is 11.1. The topological polar surface area (TPSA) is 71.5 Å². The van der Waals surface area contributed by atoms with E-state index in [9.17, 15) is 4.79 Å². The molecule has 6 nitrogen and oxygen atoms in total. The number of aryl methyl sites for hydroxylation is 2. The largest absolute Gasteiger partial charge is 0.480 e. The van der Waals surface area contributed by atoms with E-state index in [0.29, 0.717) is 5.92 Å². The summed E-state index contributed by atoms with van der Waals surface area (Å²) in [7, 11) is 0. The van der Waals surface area contributed by atoms with Gasteiger partial charge >= 0.3 is 5.97 Å². The average Bonchev–Trinajstić information content (AvgIpc) is 3.20. The van der Waals surface area contributed by atoms with E-state index < -0.39 is 5.97 Å². The summed E-state index contributed by atoms with van der Waals surface area (Å²) in [5.74, 6) is 0.462. The number of benzene rings is 1. The van der Waals surface area contributed by atoms with Crippen LogP contribution >= 0.6 is 0 Å². The summed E-state index contributed by atoms with van der Waals surface area (Å²) in [5.41, 5.74) is 4.41. The van der Waals surface area contributed by atoms with E-state index in [-0.39, 0.29) is 6.54 Å². The summed E-state index contributed by atoms with van der Waals surface area (Å²) < 4.78 is 7.74. The number of hydrogen-bond donors (Lipinski definition) is 1. The van der Waals surface area contributed by atoms with Crippen LogP contribution in [0.15, 0.2) is 34.9 Å². The van der Waals surface area contributed by atoms with Crippen molar-refractivity contribution in [1.82, 2.24) is 14.7 Å². The Labute approximate surface area is 158 Å². The maximum atomic E-state index is 11.1. The third kappa shape index (κ3) is 3.62. The SMILES string of the molecule is Cc1ccc2oc(CN3CCCC(c4ccnn4CC(=O)O)C3)c(C)c2c1. The first-order valence-electron chi connectivity index (χ1n) is 9.46. The zero-order valence-electron chi connectivity index (χ0n) is 15.8. The summed E-state index contributed by atoms with van der Waals surface area (Å²) >= 11 is 0. The Morgan fingerprint density at radius 1 is 1.33 bits per heavy atom. The van der Waals surface area contributed by atoms with Crippen LogP contribution in [-0.2, 0) is 17.9 Å². The van der Waals surface area contributed by atoms with Crippen LogP contribution in [0.25, 0.3) is 11.0 Å². The van der Waals surface area contributed by atoms with Gasteiger partial charge in [-0.2, -0.15) is 5.10 Å². The molecule has 4 rings (SSSR count). The Kier molecular flexibility index (Phi) is 4.74. The number of carboxylic acid groups (broad SMARTS) is 1. The fourth-order valence-corrected chi connectivity index (χ4v) is 4.13. The number of hydrogen-bond acceptors (Lipinski definition) is 4. The van der Waals surface area contributed by atoms with E-state index in [1.807, 2.05) is 12.1 Å². The second-order valence-electron chi connectivity index (χ2n) is 7.53. The van der Waals surface area contributed by atoms with Gasteiger partial charge in [-0.1, -0.05) is 11.6 Å². The molecule has 0 bridgehead atoms. The molecule has 0 radical (unpaired) electrons. The van der Waals surface area contributed by atoms with Crippen molar-refractivity contribution >= 4 is 16.9 Å². The highest BCUT2D eigenvalue weighted by Gasteiger charge is 2.26. The third-order valence-corrected chi connectivity index (χ3v) is 5.52. The quantitative estimate of drug-likeness (QED) is 0.744. The monoisotopic (exact) mass is 367 g/mol. The zero-order valence-corrected chi connectivity index (χ0v) is 15.8. The van der Waals surface area contributed by atoms with Crippen molar-refractivity contribution in [3.63, 3.8) is 0 Å². The highest BCUT2D eigenvalue weighted by molar-refractivity contribution is 5.82. The van der Waals surface area contributed by atoms with Gasteiger partial charge in [-0.15, -0.1) is 0 Å². The minimum absolute atomic E-state index is 0.0825. The molecule has 1 fully saturated rings. The molecular formula is C21H25N3O3. The van der Waals surface area contributed by atoms with Crippen LogP contribution in [0.2, 0.25) is 0 Å². The van der Waals surface area contributed by atoms with Crippen LogP contribution in [0.4, 0.5) is 0 Å². The van der Waals surface area contributed by atoms with Gasteiger partial charge in [0, 0.05) is 29.7 Å². The van der Waals surface area contributed by atoms with Gasteiger partial charge < -0.3 is 9.52 Å². The molecule has 0 spiro atoms. The number of carboxylic acids is 1. The highest BCUT2D eigenvalue weighted by Crippen LogP contribution is 2.31. The fraction of sp³-hybridized carbons (Fsp3) is 0.429. The van der Waals surface area contributed by atoms with Crippen LogP contribution in [0.5, 0.6) is 0 Å². The summed E-state index contributed by atoms with van der Waals surface area (Å²) in [6.07, 6.45) is 3.84. The maximum Gasteiger partial charge on any atom is 0.325 e. The predicted octanol–water partition coefficient (Wildman–Crippen LogP) is 3.71. The lowest BCUT2D eigenvalue weighted by Gasteiger charge is -2.32. The van der Waals surface area contributed by atoms with Crippen LogP contribution in [0.1, 0.15) is 41.3 Å². The number of aromatic nitrogens is 2. The van der Waals surface area contributed by atoms with Crippen LogP contribution in [0.3, 0.4) is 0 Å². The van der Waals surface area contributed by atoms with Crippen molar-refractivity contribution in [1.29, 1.82) is 0 Å². The normalized spacial score (nSPS) is 18.2. The first-order chi connectivity index (χ1) is 13.0. The number of piperidine rings is 1. The lowest BCUT2D eigenvalue weighted by Crippen LogP contribution is -2.35. The Morgan fingerprint density at radius 3 is 3.00 bits per heavy atom. The van der Waals surface area contributed by atoms with Gasteiger partial charge in [-0.25, -0.2) is 0 Å². The minimum Gasteiger partial charge on any atom is -0.480 e. The van der Waals surface area contributed by atoms with Crippen LogP contribution in [-0.4, -0.2) is 38.8 Å². The summed E-state index contributed by atoms with van der Waals surface area (Å²) in [6, 6.07) is 8.26. The van der Waals surface area contributed by atoms with Gasteiger partial charge in [0.25, 0.3) is 0 Å². The molecule has 27 heavy (non-hydrogen) atoms. The molecule has 2 aromatic heterocycles. The molecule has 1 N–H and O–H groups in total. The van der Waals surface area contributed by atoms with Gasteiger partial charge in [0.15, 0.2) is 0 Å². The number of likely N-dealkylation sites (tertiary alicyclic amines) is 1. The Bertz CT molecular complexity index is 972. The van der Waals surface area contributed by atoms with E-state index >= 15 is 0 Å². The molecule has 1 unspecified atom stereocenters. The van der Waals surface area contributed by atoms with Crippen molar-refractivity contribution in [3.05, 3.63) is 53.0 Å². The lowest BCUT2D eigenvalue weighted by atomic mass is 9.94. The molecule has 1 aromatic carbocycles. The number of nitrogens with zero attached hydrogens (tertiary/aromatic N) is 3. The molecule has 0 amide bonds. The first kappa shape index (κ1) is 17.8. The molecule has 0 saturated carbocycles. The van der Waals surface area contributed by atoms with Gasteiger partial charge in [-0.3, -0.25) is 14.4 Å². The van der Waals surface area contributed by atoms with Crippen molar-refractivity contribution in [3.8, 4) is 0 Å². The second-order valence-corrected chi connectivity index (χ2v) is 7.53. The van der Waals surface area contributed by atoms with Crippen molar-refractivity contribution in [2.45, 2.75) is 45.7 Å². The van der Waals surface area contributed by atoms with Gasteiger partial charge in [0.1, 0.15) is 17.9 Å². The number of fused-ring (bicyclic) bond motifs is 1. The average molecular weight is 367 g/mol. The molecule has 1 aliphatic rings. The smallest absolute Gasteiger partial charge is 0.325 e. The van der Waals surface area contributed by atoms with Gasteiger partial charge in [0.05, 0.1) is 6.54 Å². The number of aliphatic carboxylic acids is 1. The van der Waals surface area contributed by atoms with Crippen LogP contribution in [0, 0.1) is 13.8 Å². The summed E-state index contributed by atoms with van der Waals surface area (Å²) in [6.45, 7) is 6.84. The Morgan fingerprint density at radius 2 is 2.19 bits per heavy atom. The first-order valence-corrected chi connectivity index (χ1v) is 9.46. The molecule has 3 heterocycles. The third-order valence-electron chi connectivity index (χ3n) is 5.52. The van der Waals surface area contributed by atoms with E-state index in [1.54, 1.807) is 10.9 Å². The standard InChI is InChI=1S/C21H25N3O3/c1-14-5-6-19-17(10-14)15(2)20(27-19)12-23-9-3-4-16(11-23)18-7-8-22-24(18)13-21(25)26/h5-8,10,16H,3-4,9,11-13H2,1-2H3,(H,25,26). The van der Waals surface area contributed by atoms with Crippen molar-refractivity contribution < 1.29 is 14.3 Å². The van der Waals surface area contributed by atoms with Crippen molar-refractivity contribution in [2.24, 2.45) is 0 Å². The molecule has 142 valence electrons. The fourth-order valence-electron chi connectivity index (χ4n) is 4.13. The van der Waals surface area contributed by atoms with E-state index in [1.165, 1.54) is 16.5 Å². The highest BCUT2D eigenvalue weighted by atomic mass is 16.4. The molecular weight excluding hydrogens is 342 g/mol. The Balaban J connectivity index is 1.52. The van der Waals surface area contributed by atoms with E-state index in [2.05, 4.69) is 36.0 Å². The molecule has 1 atom stereocenters.